The predicted octanol–water partition coefficient (Wildman–Crippen LogP) is 2.03. The molecule has 1 aromatic carbocycles. The first-order valence-corrected chi connectivity index (χ1v) is 9.19. The van der Waals surface area contributed by atoms with Gasteiger partial charge >= 0.3 is 5.97 Å². The van der Waals surface area contributed by atoms with Gasteiger partial charge < -0.3 is 20.9 Å². The number of benzene rings is 1. The number of nitrogens with one attached hydrogen (secondary N) is 1. The third kappa shape index (κ3) is 4.29. The van der Waals surface area contributed by atoms with Gasteiger partial charge in [0.05, 0.1) is 28.7 Å². The van der Waals surface area contributed by atoms with Crippen LogP contribution in [0.1, 0.15) is 40.3 Å². The molecule has 160 valence electrons. The van der Waals surface area contributed by atoms with Gasteiger partial charge in [0, 0.05) is 19.2 Å². The highest BCUT2D eigenvalue weighted by Gasteiger charge is 2.23. The van der Waals surface area contributed by atoms with Crippen LogP contribution in [0.15, 0.2) is 24.4 Å². The Hall–Kier alpha value is -4.04. The van der Waals surface area contributed by atoms with Crippen LogP contribution < -0.4 is 15.8 Å². The highest BCUT2D eigenvalue weighted by Crippen LogP contribution is 2.31. The van der Waals surface area contributed by atoms with Crippen molar-refractivity contribution in [1.82, 2.24) is 25.1 Å². The molecule has 4 N–H and O–H groups in total. The molecule has 31 heavy (non-hydrogen) atoms. The lowest BCUT2D eigenvalue weighted by atomic mass is 10.0. The molecule has 0 aliphatic carbocycles. The van der Waals surface area contributed by atoms with Crippen LogP contribution >= 0.6 is 0 Å². The average Bonchev–Trinajstić information content (AvgIpc) is 3.05. The molecule has 0 aliphatic rings. The van der Waals surface area contributed by atoms with Gasteiger partial charge in [-0.05, 0) is 32.2 Å². The zero-order valence-corrected chi connectivity index (χ0v) is 17.0. The van der Waals surface area contributed by atoms with E-state index in [1.807, 2.05) is 6.07 Å². The van der Waals surface area contributed by atoms with Crippen LogP contribution in [0.3, 0.4) is 0 Å². The van der Waals surface area contributed by atoms with Crippen molar-refractivity contribution in [3.05, 3.63) is 52.7 Å². The molecule has 0 bridgehead atoms. The molecular weight excluding hydrogens is 405 g/mol. The number of aromatic carboxylic acids is 1. The van der Waals surface area contributed by atoms with E-state index >= 15 is 0 Å². The van der Waals surface area contributed by atoms with Crippen LogP contribution in [0.25, 0.3) is 11.3 Å². The molecule has 2 aromatic heterocycles. The summed E-state index contributed by atoms with van der Waals surface area (Å²) in [6.07, 6.45) is 0.504. The number of anilines is 1. The average molecular weight is 425 g/mol. The van der Waals surface area contributed by atoms with Crippen molar-refractivity contribution < 1.29 is 19.0 Å². The molecule has 0 saturated carbocycles. The number of aromatic nitrogens is 4. The van der Waals surface area contributed by atoms with E-state index in [0.29, 0.717) is 23.5 Å². The van der Waals surface area contributed by atoms with E-state index in [1.54, 1.807) is 25.7 Å². The molecule has 0 aliphatic heterocycles. The van der Waals surface area contributed by atoms with Crippen LogP contribution in [0, 0.1) is 17.1 Å². The minimum atomic E-state index is -1.22. The standard InChI is InChI=1S/C20H20FN7O3/c1-10(13-6-11(21)4-5-12(13)20(29)30)31-19-18(23)25-8-15(26-19)17-14(7-22)27-28(3)16(17)9-24-2/h4-6,8,10,24H,9H2,1-3H3,(H2,23,25)(H,29,30). The van der Waals surface area contributed by atoms with Crippen LogP contribution in [0.5, 0.6) is 5.88 Å². The van der Waals surface area contributed by atoms with Gasteiger partial charge in [-0.2, -0.15) is 10.4 Å². The molecule has 0 amide bonds. The summed E-state index contributed by atoms with van der Waals surface area (Å²) >= 11 is 0. The lowest BCUT2D eigenvalue weighted by molar-refractivity contribution is 0.0691. The number of halogens is 1. The second kappa shape index (κ2) is 8.76. The zero-order valence-electron chi connectivity index (χ0n) is 17.0. The second-order valence-electron chi connectivity index (χ2n) is 6.68. The molecule has 0 fully saturated rings. The maximum Gasteiger partial charge on any atom is 0.336 e. The van der Waals surface area contributed by atoms with Gasteiger partial charge in [0.25, 0.3) is 5.88 Å². The summed E-state index contributed by atoms with van der Waals surface area (Å²) < 4.78 is 21.1. The van der Waals surface area contributed by atoms with Gasteiger partial charge in [0.15, 0.2) is 11.5 Å². The number of hydrogen-bond donors (Lipinski definition) is 3. The minimum Gasteiger partial charge on any atom is -0.478 e. The van der Waals surface area contributed by atoms with Gasteiger partial charge in [-0.25, -0.2) is 19.2 Å². The van der Waals surface area contributed by atoms with Crippen LogP contribution in [-0.4, -0.2) is 37.9 Å². The van der Waals surface area contributed by atoms with E-state index < -0.39 is 17.9 Å². The monoisotopic (exact) mass is 425 g/mol. The minimum absolute atomic E-state index is 0.0403. The van der Waals surface area contributed by atoms with Gasteiger partial charge in [-0.15, -0.1) is 0 Å². The van der Waals surface area contributed by atoms with Gasteiger partial charge in [0.1, 0.15) is 18.0 Å². The number of nitrogens with two attached hydrogens (primary N) is 1. The number of nitrogens with zero attached hydrogens (tertiary/aromatic N) is 5. The highest BCUT2D eigenvalue weighted by atomic mass is 19.1. The third-order valence-corrected chi connectivity index (χ3v) is 4.61. The third-order valence-electron chi connectivity index (χ3n) is 4.61. The first-order chi connectivity index (χ1) is 14.8. The Labute approximate surface area is 177 Å². The number of hydrogen-bond acceptors (Lipinski definition) is 8. The number of carboxylic acid groups (broad SMARTS) is 1. The molecule has 1 atom stereocenters. The summed E-state index contributed by atoms with van der Waals surface area (Å²) in [5.74, 6) is -1.94. The molecule has 11 heteroatoms. The number of aryl methyl sites for hydroxylation is 1. The smallest absolute Gasteiger partial charge is 0.336 e. The fourth-order valence-corrected chi connectivity index (χ4v) is 3.16. The summed E-state index contributed by atoms with van der Waals surface area (Å²) in [4.78, 5) is 20.0. The number of ether oxygens (including phenoxy) is 1. The Morgan fingerprint density at radius 1 is 1.48 bits per heavy atom. The molecule has 0 spiro atoms. The number of rotatable bonds is 7. The van der Waals surface area contributed by atoms with Crippen LogP contribution in [-0.2, 0) is 13.6 Å². The molecule has 1 unspecified atom stereocenters. The normalized spacial score (nSPS) is 11.7. The number of nitrogen functional groups attached to an aromatic ring is 1. The lowest BCUT2D eigenvalue weighted by Gasteiger charge is -2.18. The Morgan fingerprint density at radius 3 is 2.87 bits per heavy atom. The van der Waals surface area contributed by atoms with Gasteiger partial charge in [0.2, 0.25) is 0 Å². The van der Waals surface area contributed by atoms with Crippen molar-refractivity contribution >= 4 is 11.8 Å². The molecule has 0 radical (unpaired) electrons. The maximum atomic E-state index is 13.7. The topological polar surface area (TPSA) is 152 Å². The molecule has 3 rings (SSSR count). The fraction of sp³-hybridized carbons (Fsp3) is 0.250. The van der Waals surface area contributed by atoms with Crippen molar-refractivity contribution in [2.24, 2.45) is 7.05 Å². The Kier molecular flexibility index (Phi) is 6.12. The molecule has 10 nitrogen and oxygen atoms in total. The van der Waals surface area contributed by atoms with E-state index in [4.69, 9.17) is 10.5 Å². The number of carbonyl (C=O) groups is 1. The summed E-state index contributed by atoms with van der Waals surface area (Å²) in [7, 11) is 3.46. The van der Waals surface area contributed by atoms with Crippen molar-refractivity contribution in [1.29, 1.82) is 5.26 Å². The zero-order chi connectivity index (χ0) is 22.7. The van der Waals surface area contributed by atoms with Crippen LogP contribution in [0.2, 0.25) is 0 Å². The maximum absolute atomic E-state index is 13.7. The first kappa shape index (κ1) is 21.7. The van der Waals surface area contributed by atoms with E-state index in [9.17, 15) is 19.6 Å². The highest BCUT2D eigenvalue weighted by molar-refractivity contribution is 5.89. The molecule has 2 heterocycles. The fourth-order valence-electron chi connectivity index (χ4n) is 3.16. The lowest BCUT2D eigenvalue weighted by Crippen LogP contribution is -2.13. The van der Waals surface area contributed by atoms with Gasteiger partial charge in [-0.1, -0.05) is 0 Å². The quantitative estimate of drug-likeness (QED) is 0.516. The van der Waals surface area contributed by atoms with E-state index in [2.05, 4.69) is 20.4 Å². The summed E-state index contributed by atoms with van der Waals surface area (Å²) in [6, 6.07) is 5.34. The molecule has 0 saturated heterocycles. The second-order valence-corrected chi connectivity index (χ2v) is 6.68. The molecular formula is C20H20FN7O3. The van der Waals surface area contributed by atoms with Crippen molar-refractivity contribution in [2.45, 2.75) is 19.6 Å². The Balaban J connectivity index is 2.04. The largest absolute Gasteiger partial charge is 0.478 e. The summed E-state index contributed by atoms with van der Waals surface area (Å²) in [6.45, 7) is 1.97. The number of carboxylic acids is 1. The van der Waals surface area contributed by atoms with Crippen molar-refractivity contribution in [3.8, 4) is 23.2 Å². The van der Waals surface area contributed by atoms with Crippen molar-refractivity contribution in [3.63, 3.8) is 0 Å². The SMILES string of the molecule is CNCc1c(-c2cnc(N)c(OC(C)c3cc(F)ccc3C(=O)O)n2)c(C#N)nn1C. The van der Waals surface area contributed by atoms with Crippen LogP contribution in [0.4, 0.5) is 10.2 Å². The van der Waals surface area contributed by atoms with E-state index in [0.717, 1.165) is 18.2 Å². The summed E-state index contributed by atoms with van der Waals surface area (Å²) in [5.41, 5.74) is 7.57. The summed E-state index contributed by atoms with van der Waals surface area (Å²) in [5, 5.41) is 26.1. The Morgan fingerprint density at radius 2 is 2.23 bits per heavy atom. The van der Waals surface area contributed by atoms with Gasteiger partial charge in [-0.3, -0.25) is 4.68 Å². The first-order valence-electron chi connectivity index (χ1n) is 9.19. The Bertz CT molecular complexity index is 1190. The van der Waals surface area contributed by atoms with E-state index in [-0.39, 0.29) is 28.5 Å². The molecule has 3 aromatic rings. The number of nitriles is 1. The van der Waals surface area contributed by atoms with E-state index in [1.165, 1.54) is 6.20 Å². The predicted molar refractivity (Wildman–Crippen MR) is 109 cm³/mol. The van der Waals surface area contributed by atoms with Crippen molar-refractivity contribution in [2.75, 3.05) is 12.8 Å².